The highest BCUT2D eigenvalue weighted by atomic mass is 35.5. The Morgan fingerprint density at radius 3 is 2.70 bits per heavy atom. The Labute approximate surface area is 130 Å². The molecule has 7 heteroatoms. The number of hydrogen-bond donors (Lipinski definition) is 2. The highest BCUT2D eigenvalue weighted by Crippen LogP contribution is 2.23. The zero-order chi connectivity index (χ0) is 15.2. The molecule has 0 aliphatic rings. The molecule has 0 saturated heterocycles. The van der Waals surface area contributed by atoms with Crippen LogP contribution in [0.2, 0.25) is 5.02 Å². The number of thioether (sulfide) groups is 1. The third-order valence-corrected chi connectivity index (χ3v) is 5.49. The molecule has 1 aromatic carbocycles. The van der Waals surface area contributed by atoms with Gasteiger partial charge >= 0.3 is 0 Å². The Morgan fingerprint density at radius 2 is 2.10 bits per heavy atom. The molecule has 0 aliphatic carbocycles. The van der Waals surface area contributed by atoms with Gasteiger partial charge in [-0.2, -0.15) is 11.8 Å². The van der Waals surface area contributed by atoms with Crippen molar-refractivity contribution in [1.29, 1.82) is 0 Å². The largest absolute Gasteiger partial charge is 0.316 e. The molecule has 2 N–H and O–H groups in total. The maximum atomic E-state index is 12.4. The smallest absolute Gasteiger partial charge is 0.242 e. The second-order valence-electron chi connectivity index (χ2n) is 4.60. The fourth-order valence-corrected chi connectivity index (χ4v) is 4.17. The zero-order valence-corrected chi connectivity index (χ0v) is 14.3. The van der Waals surface area contributed by atoms with Gasteiger partial charge in [-0.3, -0.25) is 0 Å². The van der Waals surface area contributed by atoms with Gasteiger partial charge in [0.1, 0.15) is 4.90 Å². The maximum Gasteiger partial charge on any atom is 0.242 e. The molecule has 0 radical (unpaired) electrons. The first-order valence-corrected chi connectivity index (χ1v) is 9.60. The molecule has 114 valence electrons. The van der Waals surface area contributed by atoms with Crippen LogP contribution in [0.3, 0.4) is 0 Å². The second kappa shape index (κ2) is 8.24. The molecular weight excluding hydrogens is 316 g/mol. The number of rotatable bonds is 8. The quantitative estimate of drug-likeness (QED) is 0.765. The normalized spacial score (nSPS) is 13.4. The summed E-state index contributed by atoms with van der Waals surface area (Å²) in [5.74, 6) is 0.914. The first kappa shape index (κ1) is 17.8. The molecule has 1 rings (SSSR count). The zero-order valence-electron chi connectivity index (χ0n) is 11.9. The molecule has 0 amide bonds. The van der Waals surface area contributed by atoms with Gasteiger partial charge in [-0.25, -0.2) is 13.1 Å². The van der Waals surface area contributed by atoms with E-state index in [2.05, 4.69) is 10.0 Å². The molecule has 1 atom stereocenters. The summed E-state index contributed by atoms with van der Waals surface area (Å²) in [6.45, 7) is 2.46. The highest BCUT2D eigenvalue weighted by molar-refractivity contribution is 7.98. The number of halogens is 1. The van der Waals surface area contributed by atoms with E-state index >= 15 is 0 Å². The summed E-state index contributed by atoms with van der Waals surface area (Å²) in [6.07, 6.45) is 2.79. The molecule has 0 heterocycles. The maximum absolute atomic E-state index is 12.4. The average Bonchev–Trinajstić information content (AvgIpc) is 2.38. The van der Waals surface area contributed by atoms with Crippen LogP contribution >= 0.6 is 23.4 Å². The minimum absolute atomic E-state index is 0.114. The van der Waals surface area contributed by atoms with Gasteiger partial charge < -0.3 is 5.32 Å². The van der Waals surface area contributed by atoms with Gasteiger partial charge in [0.05, 0.1) is 5.02 Å². The molecule has 1 aromatic rings. The summed E-state index contributed by atoms with van der Waals surface area (Å²) in [6, 6.07) is 4.93. The number of benzene rings is 1. The molecule has 0 aliphatic heterocycles. The number of hydrogen-bond acceptors (Lipinski definition) is 4. The van der Waals surface area contributed by atoms with E-state index in [1.54, 1.807) is 23.9 Å². The third-order valence-electron chi connectivity index (χ3n) is 2.78. The summed E-state index contributed by atoms with van der Waals surface area (Å²) < 4.78 is 27.4. The van der Waals surface area contributed by atoms with Crippen LogP contribution in [0.25, 0.3) is 0 Å². The first-order valence-electron chi connectivity index (χ1n) is 6.35. The summed E-state index contributed by atoms with van der Waals surface area (Å²) in [7, 11) is -1.77. The van der Waals surface area contributed by atoms with Gasteiger partial charge in [-0.05, 0) is 50.1 Å². The fraction of sp³-hybridized carbons (Fsp3) is 0.538. The van der Waals surface area contributed by atoms with E-state index < -0.39 is 10.0 Å². The lowest BCUT2D eigenvalue weighted by molar-refractivity contribution is 0.557. The van der Waals surface area contributed by atoms with Crippen molar-refractivity contribution in [1.82, 2.24) is 10.0 Å². The van der Waals surface area contributed by atoms with E-state index in [-0.39, 0.29) is 16.0 Å². The molecule has 0 bridgehead atoms. The van der Waals surface area contributed by atoms with Gasteiger partial charge in [0.2, 0.25) is 10.0 Å². The van der Waals surface area contributed by atoms with Gasteiger partial charge in [0, 0.05) is 12.6 Å². The van der Waals surface area contributed by atoms with E-state index in [1.807, 2.05) is 26.3 Å². The van der Waals surface area contributed by atoms with Crippen LogP contribution in [0.5, 0.6) is 0 Å². The van der Waals surface area contributed by atoms with Crippen molar-refractivity contribution in [3.05, 3.63) is 28.8 Å². The molecule has 0 aromatic heterocycles. The predicted octanol–water partition coefficient (Wildman–Crippen LogP) is 2.48. The van der Waals surface area contributed by atoms with E-state index in [0.717, 1.165) is 17.7 Å². The minimum Gasteiger partial charge on any atom is -0.316 e. The molecule has 1 unspecified atom stereocenters. The molecule has 0 fully saturated rings. The van der Waals surface area contributed by atoms with Crippen molar-refractivity contribution < 1.29 is 8.42 Å². The van der Waals surface area contributed by atoms with E-state index in [1.165, 1.54) is 0 Å². The van der Waals surface area contributed by atoms with Crippen molar-refractivity contribution in [3.8, 4) is 0 Å². The standard InChI is InChI=1S/C13H21ClN2O2S2/c1-10(6-7-19-3)16-20(17,18)13-8-11(9-15-2)4-5-12(13)14/h4-5,8,10,15-16H,6-7,9H2,1-3H3. The van der Waals surface area contributed by atoms with Crippen LogP contribution < -0.4 is 10.0 Å². The van der Waals surface area contributed by atoms with Gasteiger partial charge in [-0.15, -0.1) is 0 Å². The van der Waals surface area contributed by atoms with Crippen molar-refractivity contribution in [2.24, 2.45) is 0 Å². The Balaban J connectivity index is 2.93. The molecule has 4 nitrogen and oxygen atoms in total. The van der Waals surface area contributed by atoms with Crippen LogP contribution in [0.4, 0.5) is 0 Å². The predicted molar refractivity (Wildman–Crippen MR) is 87.0 cm³/mol. The Morgan fingerprint density at radius 1 is 1.40 bits per heavy atom. The van der Waals surface area contributed by atoms with Gasteiger partial charge in [-0.1, -0.05) is 17.7 Å². The van der Waals surface area contributed by atoms with Crippen molar-refractivity contribution in [3.63, 3.8) is 0 Å². The SMILES string of the molecule is CNCc1ccc(Cl)c(S(=O)(=O)NC(C)CCSC)c1. The third kappa shape index (κ3) is 5.26. The number of nitrogens with one attached hydrogen (secondary N) is 2. The molecule has 0 spiro atoms. The lowest BCUT2D eigenvalue weighted by Crippen LogP contribution is -2.33. The van der Waals surface area contributed by atoms with E-state index in [9.17, 15) is 8.42 Å². The Hall–Kier alpha value is -0.270. The second-order valence-corrected chi connectivity index (χ2v) is 7.67. The van der Waals surface area contributed by atoms with Crippen LogP contribution in [0, 0.1) is 0 Å². The van der Waals surface area contributed by atoms with Crippen molar-refractivity contribution >= 4 is 33.4 Å². The Bertz CT molecular complexity index is 535. The van der Waals surface area contributed by atoms with Crippen LogP contribution in [-0.2, 0) is 16.6 Å². The molecule has 20 heavy (non-hydrogen) atoms. The van der Waals surface area contributed by atoms with Gasteiger partial charge in [0.15, 0.2) is 0 Å². The fourth-order valence-electron chi connectivity index (χ4n) is 1.75. The van der Waals surface area contributed by atoms with E-state index in [0.29, 0.717) is 6.54 Å². The van der Waals surface area contributed by atoms with Crippen molar-refractivity contribution in [2.75, 3.05) is 19.1 Å². The lowest BCUT2D eigenvalue weighted by atomic mass is 10.2. The van der Waals surface area contributed by atoms with Crippen LogP contribution in [0.15, 0.2) is 23.1 Å². The summed E-state index contributed by atoms with van der Waals surface area (Å²) in [4.78, 5) is 0.142. The number of sulfonamides is 1. The molecular formula is C13H21ClN2O2S2. The first-order chi connectivity index (χ1) is 9.40. The van der Waals surface area contributed by atoms with Crippen molar-refractivity contribution in [2.45, 2.75) is 30.8 Å². The summed E-state index contributed by atoms with van der Waals surface area (Å²) in [5, 5.41) is 3.23. The summed E-state index contributed by atoms with van der Waals surface area (Å²) in [5.41, 5.74) is 0.883. The van der Waals surface area contributed by atoms with Gasteiger partial charge in [0.25, 0.3) is 0 Å². The van der Waals surface area contributed by atoms with Crippen LogP contribution in [0.1, 0.15) is 18.9 Å². The topological polar surface area (TPSA) is 58.2 Å². The minimum atomic E-state index is -3.58. The average molecular weight is 337 g/mol. The van der Waals surface area contributed by atoms with Crippen LogP contribution in [-0.4, -0.2) is 33.5 Å². The Kier molecular flexibility index (Phi) is 7.33. The monoisotopic (exact) mass is 336 g/mol. The lowest BCUT2D eigenvalue weighted by Gasteiger charge is -2.15. The summed E-state index contributed by atoms with van der Waals surface area (Å²) >= 11 is 7.72. The van der Waals surface area contributed by atoms with E-state index in [4.69, 9.17) is 11.6 Å². The molecule has 0 saturated carbocycles. The highest BCUT2D eigenvalue weighted by Gasteiger charge is 2.20.